The Morgan fingerprint density at radius 1 is 1.32 bits per heavy atom. The average molecular weight is 483 g/mol. The number of aromatic nitrogens is 2. The van der Waals surface area contributed by atoms with E-state index in [9.17, 15) is 28.1 Å². The Morgan fingerprint density at radius 2 is 1.97 bits per heavy atom. The van der Waals surface area contributed by atoms with Crippen molar-refractivity contribution in [2.75, 3.05) is 24.5 Å². The third kappa shape index (κ3) is 5.24. The van der Waals surface area contributed by atoms with Crippen LogP contribution >= 0.6 is 0 Å². The van der Waals surface area contributed by atoms with Gasteiger partial charge in [0.1, 0.15) is 17.5 Å². The van der Waals surface area contributed by atoms with E-state index < -0.39 is 16.9 Å². The van der Waals surface area contributed by atoms with Gasteiger partial charge in [0, 0.05) is 43.3 Å². The van der Waals surface area contributed by atoms with Crippen LogP contribution in [0.5, 0.6) is 11.8 Å². The van der Waals surface area contributed by atoms with E-state index in [0.29, 0.717) is 44.7 Å². The summed E-state index contributed by atoms with van der Waals surface area (Å²) in [6, 6.07) is 5.41. The standard InChI is InChI=1S/C21H24F3N5O5/c1-14(30)28(15-3-5-17(6-4-15)33-21(22,23)24)16-7-9-26(10-8-16)12-20(2)13-27-11-18(29(31)32)25-19(27)34-20/h3-6,11,16H,7-10,12-13H2,1-2H3. The number of hydrogen-bond donors (Lipinski definition) is 0. The van der Waals surface area contributed by atoms with Crippen molar-refractivity contribution in [2.24, 2.45) is 0 Å². The highest BCUT2D eigenvalue weighted by Gasteiger charge is 2.42. The van der Waals surface area contributed by atoms with E-state index >= 15 is 0 Å². The molecule has 0 radical (unpaired) electrons. The zero-order valence-electron chi connectivity index (χ0n) is 18.6. The number of amides is 1. The molecule has 2 aliphatic heterocycles. The maximum absolute atomic E-state index is 12.4. The van der Waals surface area contributed by atoms with Gasteiger partial charge in [-0.1, -0.05) is 0 Å². The fraction of sp³-hybridized carbons (Fsp3) is 0.524. The van der Waals surface area contributed by atoms with Crippen LogP contribution in [0.2, 0.25) is 0 Å². The van der Waals surface area contributed by atoms with Crippen LogP contribution in [-0.4, -0.2) is 62.9 Å². The van der Waals surface area contributed by atoms with Crippen LogP contribution in [0.3, 0.4) is 0 Å². The number of carbonyl (C=O) groups is 1. The third-order valence-corrected chi connectivity index (χ3v) is 5.92. The van der Waals surface area contributed by atoms with E-state index in [4.69, 9.17) is 4.74 Å². The molecule has 184 valence electrons. The first-order chi connectivity index (χ1) is 15.9. The van der Waals surface area contributed by atoms with Gasteiger partial charge >= 0.3 is 18.2 Å². The lowest BCUT2D eigenvalue weighted by Crippen LogP contribution is -2.51. The number of ether oxygens (including phenoxy) is 2. The van der Waals surface area contributed by atoms with E-state index in [1.807, 2.05) is 6.92 Å². The summed E-state index contributed by atoms with van der Waals surface area (Å²) in [6.45, 7) is 5.75. The van der Waals surface area contributed by atoms with Crippen molar-refractivity contribution < 1.29 is 32.4 Å². The average Bonchev–Trinajstić information content (AvgIpc) is 3.24. The van der Waals surface area contributed by atoms with Gasteiger partial charge in [-0.2, -0.15) is 0 Å². The molecule has 34 heavy (non-hydrogen) atoms. The fourth-order valence-electron chi connectivity index (χ4n) is 4.63. The molecule has 0 bridgehead atoms. The van der Waals surface area contributed by atoms with Gasteiger partial charge in [-0.3, -0.25) is 14.3 Å². The van der Waals surface area contributed by atoms with Crippen molar-refractivity contribution in [1.29, 1.82) is 0 Å². The molecule has 1 fully saturated rings. The van der Waals surface area contributed by atoms with Crippen molar-refractivity contribution in [3.8, 4) is 11.8 Å². The zero-order chi connectivity index (χ0) is 24.7. The van der Waals surface area contributed by atoms with E-state index in [-0.39, 0.29) is 29.5 Å². The topological polar surface area (TPSA) is 103 Å². The smallest absolute Gasteiger partial charge is 0.436 e. The summed E-state index contributed by atoms with van der Waals surface area (Å²) in [5.41, 5.74) is -0.0719. The Morgan fingerprint density at radius 3 is 2.50 bits per heavy atom. The molecule has 1 aromatic carbocycles. The fourth-order valence-corrected chi connectivity index (χ4v) is 4.63. The highest BCUT2D eigenvalue weighted by molar-refractivity contribution is 5.92. The SMILES string of the molecule is CC(=O)N(c1ccc(OC(F)(F)F)cc1)C1CCN(CC2(C)Cn3cc([N+](=O)[O-])nc3O2)CC1. The van der Waals surface area contributed by atoms with Gasteiger partial charge in [-0.25, -0.2) is 0 Å². The van der Waals surface area contributed by atoms with Crippen LogP contribution < -0.4 is 14.4 Å². The van der Waals surface area contributed by atoms with Gasteiger partial charge in [0.15, 0.2) is 0 Å². The number of likely N-dealkylation sites (tertiary alicyclic amines) is 1. The third-order valence-electron chi connectivity index (χ3n) is 5.92. The van der Waals surface area contributed by atoms with Gasteiger partial charge in [-0.15, -0.1) is 13.2 Å². The van der Waals surface area contributed by atoms with E-state index in [0.717, 1.165) is 0 Å². The molecular formula is C21H24F3N5O5. The van der Waals surface area contributed by atoms with Crippen LogP contribution in [0.25, 0.3) is 0 Å². The molecule has 3 heterocycles. The Labute approximate surface area is 193 Å². The normalized spacial score (nSPS) is 21.1. The molecule has 0 saturated carbocycles. The molecule has 10 nitrogen and oxygen atoms in total. The van der Waals surface area contributed by atoms with Crippen molar-refractivity contribution in [3.63, 3.8) is 0 Å². The maximum Gasteiger partial charge on any atom is 0.573 e. The maximum atomic E-state index is 12.4. The summed E-state index contributed by atoms with van der Waals surface area (Å²) in [5, 5.41) is 10.9. The number of halogens is 3. The van der Waals surface area contributed by atoms with Gasteiger partial charge < -0.3 is 24.5 Å². The number of hydrogen-bond acceptors (Lipinski definition) is 7. The lowest BCUT2D eigenvalue weighted by Gasteiger charge is -2.40. The van der Waals surface area contributed by atoms with Crippen molar-refractivity contribution in [2.45, 2.75) is 51.2 Å². The molecule has 13 heteroatoms. The number of nitrogens with zero attached hydrogens (tertiary/aromatic N) is 5. The van der Waals surface area contributed by atoms with Crippen molar-refractivity contribution >= 4 is 17.4 Å². The molecule has 0 spiro atoms. The highest BCUT2D eigenvalue weighted by atomic mass is 19.4. The van der Waals surface area contributed by atoms with Crippen LogP contribution in [0.1, 0.15) is 26.7 Å². The van der Waals surface area contributed by atoms with Crippen molar-refractivity contribution in [1.82, 2.24) is 14.5 Å². The summed E-state index contributed by atoms with van der Waals surface area (Å²) in [5.74, 6) is -0.786. The minimum Gasteiger partial charge on any atom is -0.436 e. The summed E-state index contributed by atoms with van der Waals surface area (Å²) in [6.07, 6.45) is -2.07. The molecule has 1 aromatic heterocycles. The molecule has 0 N–H and O–H groups in total. The zero-order valence-corrected chi connectivity index (χ0v) is 18.6. The molecular weight excluding hydrogens is 459 g/mol. The summed E-state index contributed by atoms with van der Waals surface area (Å²) in [7, 11) is 0. The molecule has 2 aliphatic rings. The number of imidazole rings is 1. The van der Waals surface area contributed by atoms with Crippen LogP contribution in [-0.2, 0) is 11.3 Å². The summed E-state index contributed by atoms with van der Waals surface area (Å²) < 4.78 is 48.7. The molecule has 1 unspecified atom stereocenters. The minimum atomic E-state index is -4.78. The van der Waals surface area contributed by atoms with E-state index in [2.05, 4.69) is 14.6 Å². The quantitative estimate of drug-likeness (QED) is 0.459. The van der Waals surface area contributed by atoms with Crippen LogP contribution in [0.15, 0.2) is 30.5 Å². The van der Waals surface area contributed by atoms with Gasteiger partial charge in [-0.05, 0) is 49.0 Å². The number of carbonyl (C=O) groups excluding carboxylic acids is 1. The first kappa shape index (κ1) is 23.8. The first-order valence-corrected chi connectivity index (χ1v) is 10.7. The first-order valence-electron chi connectivity index (χ1n) is 10.7. The number of alkyl halides is 3. The second kappa shape index (κ2) is 8.78. The molecule has 1 saturated heterocycles. The lowest BCUT2D eigenvalue weighted by molar-refractivity contribution is -0.389. The number of benzene rings is 1. The van der Waals surface area contributed by atoms with Gasteiger partial charge in [0.05, 0.1) is 6.54 Å². The van der Waals surface area contributed by atoms with E-state index in [1.54, 1.807) is 9.47 Å². The Kier molecular flexibility index (Phi) is 6.14. The van der Waals surface area contributed by atoms with Crippen LogP contribution in [0, 0.1) is 10.1 Å². The predicted octanol–water partition coefficient (Wildman–Crippen LogP) is 3.36. The molecule has 4 rings (SSSR count). The lowest BCUT2D eigenvalue weighted by atomic mass is 9.99. The Bertz CT molecular complexity index is 1040. The van der Waals surface area contributed by atoms with Gasteiger partial charge in [0.25, 0.3) is 0 Å². The second-order valence-electron chi connectivity index (χ2n) is 8.76. The number of nitro groups is 1. The number of fused-ring (bicyclic) bond motifs is 1. The van der Waals surface area contributed by atoms with Crippen molar-refractivity contribution in [3.05, 3.63) is 40.6 Å². The summed E-state index contributed by atoms with van der Waals surface area (Å²) >= 11 is 0. The molecule has 1 amide bonds. The molecule has 1 atom stereocenters. The second-order valence-corrected chi connectivity index (χ2v) is 8.76. The largest absolute Gasteiger partial charge is 0.573 e. The van der Waals surface area contributed by atoms with E-state index in [1.165, 1.54) is 37.4 Å². The predicted molar refractivity (Wildman–Crippen MR) is 114 cm³/mol. The highest BCUT2D eigenvalue weighted by Crippen LogP contribution is 2.33. The number of rotatable bonds is 6. The number of anilines is 1. The monoisotopic (exact) mass is 483 g/mol. The van der Waals surface area contributed by atoms with Crippen LogP contribution in [0.4, 0.5) is 24.7 Å². The van der Waals surface area contributed by atoms with Gasteiger partial charge in [0.2, 0.25) is 5.91 Å². The number of piperidine rings is 1. The minimum absolute atomic E-state index is 0.0986. The molecule has 0 aliphatic carbocycles. The Balaban J connectivity index is 1.35. The Hall–Kier alpha value is -3.35. The summed E-state index contributed by atoms with van der Waals surface area (Å²) in [4.78, 5) is 30.4. The molecule has 2 aromatic rings.